The van der Waals surface area contributed by atoms with Gasteiger partial charge in [0.1, 0.15) is 12.1 Å². The van der Waals surface area contributed by atoms with Gasteiger partial charge in [-0.2, -0.15) is 10.4 Å². The van der Waals surface area contributed by atoms with Gasteiger partial charge in [0.15, 0.2) is 0 Å². The van der Waals surface area contributed by atoms with Crippen molar-refractivity contribution in [3.05, 3.63) is 84.1 Å². The summed E-state index contributed by atoms with van der Waals surface area (Å²) < 4.78 is 1.72. The summed E-state index contributed by atoms with van der Waals surface area (Å²) in [5.41, 5.74) is 3.59. The lowest BCUT2D eigenvalue weighted by Crippen LogP contribution is -2.59. The molecule has 5 rings (SSSR count). The fraction of sp³-hybridized carbons (Fsp3) is 0.258. The minimum absolute atomic E-state index is 0.0739. The zero-order valence-corrected chi connectivity index (χ0v) is 23.3. The summed E-state index contributed by atoms with van der Waals surface area (Å²) in [6, 6.07) is 22.1. The van der Waals surface area contributed by atoms with E-state index in [-0.39, 0.29) is 24.3 Å². The van der Waals surface area contributed by atoms with Gasteiger partial charge in [0.2, 0.25) is 11.8 Å². The monoisotopic (exact) mass is 549 g/mol. The summed E-state index contributed by atoms with van der Waals surface area (Å²) in [4.78, 5) is 43.4. The molecule has 3 atom stereocenters. The predicted molar refractivity (Wildman–Crippen MR) is 156 cm³/mol. The molecule has 0 saturated carbocycles. The Morgan fingerprint density at radius 2 is 1.63 bits per heavy atom. The van der Waals surface area contributed by atoms with Crippen LogP contribution in [-0.2, 0) is 20.9 Å². The molecule has 4 aromatic rings. The van der Waals surface area contributed by atoms with Gasteiger partial charge in [0.05, 0.1) is 52.5 Å². The lowest BCUT2D eigenvalue weighted by molar-refractivity contribution is -0.129. The fourth-order valence-corrected chi connectivity index (χ4v) is 5.30. The third-order valence-electron chi connectivity index (χ3n) is 7.54. The van der Waals surface area contributed by atoms with Gasteiger partial charge in [0.25, 0.3) is 5.91 Å². The van der Waals surface area contributed by atoms with Crippen LogP contribution in [0, 0.1) is 11.3 Å². The molecule has 1 aromatic heterocycles. The quantitative estimate of drug-likeness (QED) is 0.381. The van der Waals surface area contributed by atoms with Gasteiger partial charge in [-0.25, -0.2) is 4.68 Å². The number of benzene rings is 3. The van der Waals surface area contributed by atoms with Crippen LogP contribution in [0.4, 0.5) is 11.4 Å². The molecule has 3 aromatic carbocycles. The van der Waals surface area contributed by atoms with Crippen LogP contribution in [0.15, 0.2) is 72.8 Å². The highest BCUT2D eigenvalue weighted by Gasteiger charge is 2.41. The van der Waals surface area contributed by atoms with E-state index in [1.807, 2.05) is 48.5 Å². The van der Waals surface area contributed by atoms with Crippen LogP contribution in [0.25, 0.3) is 16.6 Å². The van der Waals surface area contributed by atoms with Crippen molar-refractivity contribution in [3.8, 4) is 11.8 Å². The number of carbonyl (C=O) groups excluding carboxylic acids is 3. The van der Waals surface area contributed by atoms with E-state index in [9.17, 15) is 19.6 Å². The van der Waals surface area contributed by atoms with Crippen molar-refractivity contribution in [2.24, 2.45) is 0 Å². The second-order valence-corrected chi connectivity index (χ2v) is 10.0. The number of likely N-dealkylation sites (N-methyl/N-ethyl adjacent to an activating group) is 1. The highest BCUT2D eigenvalue weighted by atomic mass is 16.2. The summed E-state index contributed by atoms with van der Waals surface area (Å²) in [5.74, 6) is -0.959. The first-order chi connectivity index (χ1) is 19.8. The van der Waals surface area contributed by atoms with Crippen molar-refractivity contribution in [1.29, 1.82) is 5.26 Å². The molecule has 0 radical (unpaired) electrons. The Morgan fingerprint density at radius 1 is 1.00 bits per heavy atom. The van der Waals surface area contributed by atoms with E-state index >= 15 is 0 Å². The molecule has 0 saturated heterocycles. The van der Waals surface area contributed by atoms with Crippen molar-refractivity contribution < 1.29 is 14.4 Å². The molecule has 208 valence electrons. The largest absolute Gasteiger partial charge is 0.341 e. The van der Waals surface area contributed by atoms with Gasteiger partial charge in [-0.15, -0.1) is 0 Å². The zero-order valence-electron chi connectivity index (χ0n) is 23.3. The number of aromatic nitrogens is 2. The molecule has 1 unspecified atom stereocenters. The molecule has 0 spiro atoms. The number of fused-ring (bicyclic) bond motifs is 2. The molecule has 0 aliphatic carbocycles. The van der Waals surface area contributed by atoms with Crippen LogP contribution >= 0.6 is 0 Å². The Labute approximate surface area is 238 Å². The first-order valence-electron chi connectivity index (χ1n) is 13.4. The van der Waals surface area contributed by atoms with Gasteiger partial charge in [-0.1, -0.05) is 42.5 Å². The Kier molecular flexibility index (Phi) is 7.55. The maximum atomic E-state index is 14.3. The number of nitriles is 1. The standard InChI is InChI=1S/C31H31N7O3/c1-19(33-4)30(40)34-29-20(2)37(21(3)39)28-16-10-9-15-27(28)36(31(29)41)18-24-23-12-6-8-14-26(23)38(35-24)25-13-7-5-11-22(25)17-32/h5-16,19-20,29,33H,18H2,1-4H3,(H,34,40)/t19?,20-,29-/m0/s1. The lowest BCUT2D eigenvalue weighted by atomic mass is 10.1. The molecule has 2 N–H and O–H groups in total. The van der Waals surface area contributed by atoms with Crippen LogP contribution in [-0.4, -0.2) is 52.7 Å². The number of nitrogens with one attached hydrogen (secondary N) is 2. The van der Waals surface area contributed by atoms with Gasteiger partial charge in [-0.3, -0.25) is 14.4 Å². The molecular weight excluding hydrogens is 518 g/mol. The van der Waals surface area contributed by atoms with E-state index in [4.69, 9.17) is 5.10 Å². The molecule has 3 amide bonds. The molecule has 10 heteroatoms. The van der Waals surface area contributed by atoms with Crippen LogP contribution in [0.3, 0.4) is 0 Å². The van der Waals surface area contributed by atoms with Crippen molar-refractivity contribution in [2.75, 3.05) is 16.8 Å². The minimum atomic E-state index is -1.01. The first-order valence-corrected chi connectivity index (χ1v) is 13.4. The summed E-state index contributed by atoms with van der Waals surface area (Å²) >= 11 is 0. The average molecular weight is 550 g/mol. The van der Waals surface area contributed by atoms with Crippen LogP contribution in [0.1, 0.15) is 32.0 Å². The Bertz CT molecular complexity index is 1690. The van der Waals surface area contributed by atoms with Gasteiger partial charge >= 0.3 is 0 Å². The number of hydrogen-bond acceptors (Lipinski definition) is 6. The molecule has 41 heavy (non-hydrogen) atoms. The van der Waals surface area contributed by atoms with Gasteiger partial charge in [0, 0.05) is 12.3 Å². The lowest BCUT2D eigenvalue weighted by Gasteiger charge is -2.32. The highest BCUT2D eigenvalue weighted by molar-refractivity contribution is 6.08. The van der Waals surface area contributed by atoms with Crippen LogP contribution in [0.5, 0.6) is 0 Å². The van der Waals surface area contributed by atoms with Crippen molar-refractivity contribution in [2.45, 2.75) is 45.4 Å². The summed E-state index contributed by atoms with van der Waals surface area (Å²) in [6.45, 7) is 4.99. The fourth-order valence-electron chi connectivity index (χ4n) is 5.30. The van der Waals surface area contributed by atoms with Gasteiger partial charge in [-0.05, 0) is 51.2 Å². The van der Waals surface area contributed by atoms with Gasteiger partial charge < -0.3 is 20.4 Å². The third kappa shape index (κ3) is 4.92. The number of amides is 3. The number of nitrogens with zero attached hydrogens (tertiary/aromatic N) is 5. The van der Waals surface area contributed by atoms with Crippen molar-refractivity contribution in [1.82, 2.24) is 20.4 Å². The third-order valence-corrected chi connectivity index (χ3v) is 7.54. The van der Waals surface area contributed by atoms with E-state index in [1.54, 1.807) is 59.6 Å². The van der Waals surface area contributed by atoms with Crippen molar-refractivity contribution >= 4 is 40.0 Å². The second kappa shape index (κ2) is 11.2. The maximum absolute atomic E-state index is 14.3. The normalized spacial score (nSPS) is 17.5. The van der Waals surface area contributed by atoms with E-state index in [0.717, 1.165) is 10.9 Å². The zero-order chi connectivity index (χ0) is 29.3. The summed E-state index contributed by atoms with van der Waals surface area (Å²) in [7, 11) is 1.67. The number of hydrogen-bond donors (Lipinski definition) is 2. The van der Waals surface area contributed by atoms with Crippen molar-refractivity contribution in [3.63, 3.8) is 0 Å². The van der Waals surface area contributed by atoms with E-state index in [2.05, 4.69) is 16.7 Å². The predicted octanol–water partition coefficient (Wildman–Crippen LogP) is 3.28. The average Bonchev–Trinajstić information content (AvgIpc) is 3.32. The molecule has 0 fully saturated rings. The Hall–Kier alpha value is -5.01. The first kappa shape index (κ1) is 27.6. The second-order valence-electron chi connectivity index (χ2n) is 10.0. The smallest absolute Gasteiger partial charge is 0.252 e. The van der Waals surface area contributed by atoms with E-state index in [1.165, 1.54) is 6.92 Å². The SMILES string of the molecule is CNC(C)C(=O)N[C@@H]1C(=O)N(Cc2nn(-c3ccccc3C#N)c3ccccc23)c2ccccc2N(C(C)=O)[C@H]1C. The Morgan fingerprint density at radius 3 is 2.32 bits per heavy atom. The van der Waals surface area contributed by atoms with Crippen LogP contribution < -0.4 is 20.4 Å². The molecule has 2 heterocycles. The highest BCUT2D eigenvalue weighted by Crippen LogP contribution is 2.37. The number of carbonyl (C=O) groups is 3. The number of para-hydroxylation sites is 4. The summed E-state index contributed by atoms with van der Waals surface area (Å²) in [6.07, 6.45) is 0. The molecular formula is C31H31N7O3. The topological polar surface area (TPSA) is 123 Å². The molecule has 1 aliphatic rings. The number of rotatable bonds is 6. The number of anilines is 2. The molecule has 10 nitrogen and oxygen atoms in total. The van der Waals surface area contributed by atoms with Crippen LogP contribution in [0.2, 0.25) is 0 Å². The minimum Gasteiger partial charge on any atom is -0.341 e. The van der Waals surface area contributed by atoms with E-state index < -0.39 is 18.1 Å². The van der Waals surface area contributed by atoms with E-state index in [0.29, 0.717) is 28.3 Å². The maximum Gasteiger partial charge on any atom is 0.252 e. The Balaban J connectivity index is 1.66. The molecule has 1 aliphatic heterocycles. The summed E-state index contributed by atoms with van der Waals surface area (Å²) in [5, 5.41) is 21.2. The molecule has 0 bridgehead atoms.